The third kappa shape index (κ3) is 5.02. The summed E-state index contributed by atoms with van der Waals surface area (Å²) >= 11 is 0. The topological polar surface area (TPSA) is 66.1 Å². The van der Waals surface area contributed by atoms with Crippen LogP contribution >= 0.6 is 0 Å². The van der Waals surface area contributed by atoms with Gasteiger partial charge in [0.1, 0.15) is 11.4 Å². The Hall–Kier alpha value is -1.74. The third-order valence-electron chi connectivity index (χ3n) is 9.62. The molecule has 2 N–H and O–H groups in total. The molecule has 3 atom stereocenters. The van der Waals surface area contributed by atoms with Gasteiger partial charge in [0.25, 0.3) is 0 Å². The van der Waals surface area contributed by atoms with Gasteiger partial charge >= 0.3 is 6.09 Å². The summed E-state index contributed by atoms with van der Waals surface area (Å²) in [6.45, 7) is 7.95. The highest BCUT2D eigenvalue weighted by atomic mass is 19.1. The Morgan fingerprint density at radius 2 is 1.89 bits per heavy atom. The van der Waals surface area contributed by atoms with Crippen molar-refractivity contribution in [2.75, 3.05) is 66.6 Å². The van der Waals surface area contributed by atoms with Crippen LogP contribution in [0.5, 0.6) is 0 Å². The van der Waals surface area contributed by atoms with Gasteiger partial charge < -0.3 is 29.9 Å². The maximum absolute atomic E-state index is 14.7. The molecule has 5 rings (SSSR count). The number of benzene rings is 1. The van der Waals surface area contributed by atoms with Gasteiger partial charge in [0.15, 0.2) is 0 Å². The van der Waals surface area contributed by atoms with Crippen LogP contribution in [0.2, 0.25) is 0 Å². The molecule has 0 aromatic heterocycles. The van der Waals surface area contributed by atoms with Crippen molar-refractivity contribution in [1.29, 1.82) is 0 Å². The molecular formula is C28H43FN4O3. The lowest BCUT2D eigenvalue weighted by Gasteiger charge is -2.54. The minimum atomic E-state index is -0.363. The Bertz CT molecular complexity index is 895. The van der Waals surface area contributed by atoms with Gasteiger partial charge in [-0.2, -0.15) is 0 Å². The molecule has 1 aliphatic carbocycles. The van der Waals surface area contributed by atoms with Crippen LogP contribution in [0.1, 0.15) is 44.1 Å². The first-order valence-electron chi connectivity index (χ1n) is 13.8. The van der Waals surface area contributed by atoms with E-state index in [-0.39, 0.29) is 34.9 Å². The summed E-state index contributed by atoms with van der Waals surface area (Å²) in [6, 6.07) is 7.38. The van der Waals surface area contributed by atoms with Crippen LogP contribution in [0.3, 0.4) is 0 Å². The summed E-state index contributed by atoms with van der Waals surface area (Å²) in [6.07, 6.45) is 6.05. The number of piperidine rings is 1. The highest BCUT2D eigenvalue weighted by Gasteiger charge is 2.53. The number of nitrogens with zero attached hydrogens (tertiary/aromatic N) is 2. The van der Waals surface area contributed by atoms with Crippen LogP contribution < -0.4 is 10.6 Å². The summed E-state index contributed by atoms with van der Waals surface area (Å²) in [5, 5.41) is 6.53. The summed E-state index contributed by atoms with van der Waals surface area (Å²) in [5.74, 6) is 0.490. The van der Waals surface area contributed by atoms with Crippen LogP contribution in [0, 0.1) is 17.7 Å². The number of hydrogen-bond acceptors (Lipinski definition) is 6. The predicted molar refractivity (Wildman–Crippen MR) is 138 cm³/mol. The average Bonchev–Trinajstić information content (AvgIpc) is 3.30. The van der Waals surface area contributed by atoms with Crippen LogP contribution in [0.4, 0.5) is 9.18 Å². The first-order chi connectivity index (χ1) is 17.5. The Morgan fingerprint density at radius 1 is 1.11 bits per heavy atom. The molecular weight excluding hydrogens is 459 g/mol. The SMILES string of the molecule is COC(=O)N[C@H]1CCCC1[C@](CN1CCC1)(c1cccc(F)c1)C1CCN(CC2(OC)CNC2)CC1. The minimum Gasteiger partial charge on any atom is -0.453 e. The predicted octanol–water partition coefficient (Wildman–Crippen LogP) is 2.99. The second kappa shape index (κ2) is 10.9. The van der Waals surface area contributed by atoms with Crippen molar-refractivity contribution in [3.05, 3.63) is 35.6 Å². The molecule has 0 spiro atoms. The van der Waals surface area contributed by atoms with E-state index in [1.807, 2.05) is 13.2 Å². The highest BCUT2D eigenvalue weighted by molar-refractivity contribution is 5.67. The average molecular weight is 503 g/mol. The van der Waals surface area contributed by atoms with Crippen molar-refractivity contribution in [2.24, 2.45) is 11.8 Å². The molecule has 1 saturated carbocycles. The maximum Gasteiger partial charge on any atom is 0.407 e. The minimum absolute atomic E-state index is 0.0397. The first kappa shape index (κ1) is 25.9. The van der Waals surface area contributed by atoms with E-state index >= 15 is 0 Å². The number of amides is 1. The van der Waals surface area contributed by atoms with Crippen molar-refractivity contribution in [2.45, 2.75) is 55.6 Å². The number of hydrogen-bond donors (Lipinski definition) is 2. The number of likely N-dealkylation sites (tertiary alicyclic amines) is 2. The standard InChI is InChI=1S/C28H43FN4O3/c1-35-26(34)31-25-9-4-8-24(25)28(20-32-12-5-13-32,22-6-3-7-23(29)16-22)21-10-14-33(15-11-21)19-27(36-2)17-30-18-27/h3,6-7,16,21,24-25,30H,4-5,8-15,17-20H2,1-2H3,(H,31,34)/t24?,25-,28-/m0/s1. The van der Waals surface area contributed by atoms with E-state index in [9.17, 15) is 9.18 Å². The molecule has 0 bridgehead atoms. The highest BCUT2D eigenvalue weighted by Crippen LogP contribution is 2.51. The molecule has 7 nitrogen and oxygen atoms in total. The van der Waals surface area contributed by atoms with E-state index in [0.29, 0.717) is 5.92 Å². The molecule has 1 aromatic rings. The molecule has 3 saturated heterocycles. The lowest BCUT2D eigenvalue weighted by atomic mass is 9.57. The van der Waals surface area contributed by atoms with Crippen LogP contribution in [0.25, 0.3) is 0 Å². The number of methoxy groups -OCH3 is 2. The van der Waals surface area contributed by atoms with Gasteiger partial charge in [-0.15, -0.1) is 0 Å². The molecule has 0 radical (unpaired) electrons. The van der Waals surface area contributed by atoms with E-state index in [0.717, 1.165) is 90.0 Å². The van der Waals surface area contributed by atoms with Gasteiger partial charge in [-0.1, -0.05) is 18.6 Å². The second-order valence-electron chi connectivity index (χ2n) is 11.5. The fraction of sp³-hybridized carbons (Fsp3) is 0.750. The van der Waals surface area contributed by atoms with Crippen molar-refractivity contribution < 1.29 is 18.7 Å². The van der Waals surface area contributed by atoms with Gasteiger partial charge in [0, 0.05) is 44.7 Å². The number of carbonyl (C=O) groups is 1. The van der Waals surface area contributed by atoms with E-state index in [1.165, 1.54) is 13.5 Å². The summed E-state index contributed by atoms with van der Waals surface area (Å²) in [5.41, 5.74) is 0.826. The molecule has 36 heavy (non-hydrogen) atoms. The van der Waals surface area contributed by atoms with Gasteiger partial charge in [0.2, 0.25) is 0 Å². The summed E-state index contributed by atoms with van der Waals surface area (Å²) in [7, 11) is 3.25. The molecule has 200 valence electrons. The van der Waals surface area contributed by atoms with Gasteiger partial charge in [-0.3, -0.25) is 0 Å². The fourth-order valence-electron chi connectivity index (χ4n) is 7.48. The lowest BCUT2D eigenvalue weighted by Crippen LogP contribution is -2.66. The molecule has 3 aliphatic heterocycles. The van der Waals surface area contributed by atoms with Crippen molar-refractivity contribution in [3.63, 3.8) is 0 Å². The van der Waals surface area contributed by atoms with Crippen LogP contribution in [-0.2, 0) is 14.9 Å². The molecule has 1 aromatic carbocycles. The quantitative estimate of drug-likeness (QED) is 0.541. The number of ether oxygens (including phenoxy) is 2. The van der Waals surface area contributed by atoms with Gasteiger partial charge in [0.05, 0.1) is 7.11 Å². The fourth-order valence-corrected chi connectivity index (χ4v) is 7.48. The molecule has 8 heteroatoms. The number of nitrogens with one attached hydrogen (secondary N) is 2. The zero-order chi connectivity index (χ0) is 25.2. The lowest BCUT2D eigenvalue weighted by molar-refractivity contribution is -0.0798. The van der Waals surface area contributed by atoms with E-state index in [4.69, 9.17) is 9.47 Å². The molecule has 4 aliphatic rings. The Kier molecular flexibility index (Phi) is 7.86. The Balaban J connectivity index is 1.45. The number of rotatable bonds is 9. The molecule has 3 heterocycles. The van der Waals surface area contributed by atoms with Crippen LogP contribution in [-0.4, -0.2) is 94.1 Å². The first-order valence-corrected chi connectivity index (χ1v) is 13.8. The second-order valence-corrected chi connectivity index (χ2v) is 11.5. The normalized spacial score (nSPS) is 28.6. The van der Waals surface area contributed by atoms with Crippen molar-refractivity contribution in [3.8, 4) is 0 Å². The molecule has 1 unspecified atom stereocenters. The zero-order valence-corrected chi connectivity index (χ0v) is 21.9. The third-order valence-corrected chi connectivity index (χ3v) is 9.62. The maximum atomic E-state index is 14.7. The van der Waals surface area contributed by atoms with E-state index in [2.05, 4.69) is 26.5 Å². The Labute approximate surface area is 215 Å². The van der Waals surface area contributed by atoms with Crippen molar-refractivity contribution in [1.82, 2.24) is 20.4 Å². The monoisotopic (exact) mass is 502 g/mol. The van der Waals surface area contributed by atoms with Crippen LogP contribution in [0.15, 0.2) is 24.3 Å². The van der Waals surface area contributed by atoms with Gasteiger partial charge in [-0.05, 0) is 87.8 Å². The number of halogens is 1. The van der Waals surface area contributed by atoms with Crippen molar-refractivity contribution >= 4 is 6.09 Å². The van der Waals surface area contributed by atoms with E-state index in [1.54, 1.807) is 12.1 Å². The largest absolute Gasteiger partial charge is 0.453 e. The smallest absolute Gasteiger partial charge is 0.407 e. The summed E-state index contributed by atoms with van der Waals surface area (Å²) < 4.78 is 25.6. The zero-order valence-electron chi connectivity index (χ0n) is 21.9. The Morgan fingerprint density at radius 3 is 2.47 bits per heavy atom. The molecule has 1 amide bonds. The van der Waals surface area contributed by atoms with Gasteiger partial charge in [-0.25, -0.2) is 9.18 Å². The number of alkyl carbamates (subject to hydrolysis) is 1. The summed E-state index contributed by atoms with van der Waals surface area (Å²) in [4.78, 5) is 17.4. The van der Waals surface area contributed by atoms with E-state index < -0.39 is 0 Å². The molecule has 4 fully saturated rings. The number of carbonyl (C=O) groups excluding carboxylic acids is 1.